The number of hydrogen-bond donors (Lipinski definition) is 0. The van der Waals surface area contributed by atoms with E-state index in [0.717, 1.165) is 6.42 Å². The summed E-state index contributed by atoms with van der Waals surface area (Å²) in [7, 11) is 4.01. The predicted molar refractivity (Wildman–Crippen MR) is 103 cm³/mol. The number of quaternary nitrogens is 1. The van der Waals surface area contributed by atoms with Crippen LogP contribution in [-0.4, -0.2) is 37.4 Å². The zero-order valence-corrected chi connectivity index (χ0v) is 16.8. The summed E-state index contributed by atoms with van der Waals surface area (Å²) in [5, 5.41) is 0. The van der Waals surface area contributed by atoms with Gasteiger partial charge in [0.1, 0.15) is 0 Å². The fraction of sp³-hybridized carbons (Fsp3) is 0.905. The van der Waals surface area contributed by atoms with Crippen molar-refractivity contribution < 1.29 is 14.0 Å². The van der Waals surface area contributed by atoms with Gasteiger partial charge in [-0.15, -0.1) is 0 Å². The van der Waals surface area contributed by atoms with Gasteiger partial charge in [0.05, 0.1) is 20.7 Å². The summed E-state index contributed by atoms with van der Waals surface area (Å²) in [5.41, 5.74) is 0. The van der Waals surface area contributed by atoms with Crippen LogP contribution in [0.3, 0.4) is 0 Å². The standard InChI is InChI=1S/C21H42NO2/c1-5-7-8-9-10-11-12-13-14-15-16-17-18-21(24-6-2)22(3,4)19-20-23/h19,21H,5-18H2,1-4H3/q+1. The zero-order chi connectivity index (χ0) is 18.1. The van der Waals surface area contributed by atoms with Gasteiger partial charge in [-0.3, -0.25) is 4.48 Å². The maximum absolute atomic E-state index is 10.7. The summed E-state index contributed by atoms with van der Waals surface area (Å²) < 4.78 is 6.29. The van der Waals surface area contributed by atoms with E-state index in [-0.39, 0.29) is 6.23 Å². The first-order valence-corrected chi connectivity index (χ1v) is 10.3. The molecule has 0 aromatic rings. The molecule has 0 heterocycles. The molecule has 0 bridgehead atoms. The van der Waals surface area contributed by atoms with Crippen LogP contribution in [0.1, 0.15) is 97.3 Å². The maximum Gasteiger partial charge on any atom is 0.197 e. The van der Waals surface area contributed by atoms with Gasteiger partial charge < -0.3 is 4.74 Å². The van der Waals surface area contributed by atoms with Gasteiger partial charge in [-0.05, 0) is 13.3 Å². The third kappa shape index (κ3) is 12.8. The lowest BCUT2D eigenvalue weighted by molar-refractivity contribution is -0.890. The van der Waals surface area contributed by atoms with Crippen LogP contribution in [0.15, 0.2) is 6.20 Å². The third-order valence-electron chi connectivity index (χ3n) is 4.79. The molecule has 0 amide bonds. The van der Waals surface area contributed by atoms with Crippen LogP contribution in [0.2, 0.25) is 0 Å². The number of unbranched alkanes of at least 4 members (excludes halogenated alkanes) is 11. The van der Waals surface area contributed by atoms with Gasteiger partial charge in [-0.1, -0.05) is 77.6 Å². The number of ether oxygens (including phenoxy) is 1. The van der Waals surface area contributed by atoms with Gasteiger partial charge in [0.25, 0.3) is 0 Å². The maximum atomic E-state index is 10.7. The lowest BCUT2D eigenvalue weighted by atomic mass is 10.0. The molecule has 0 aliphatic heterocycles. The Bertz CT molecular complexity index is 322. The van der Waals surface area contributed by atoms with Gasteiger partial charge in [0.2, 0.25) is 0 Å². The molecule has 0 N–H and O–H groups in total. The molecular weight excluding hydrogens is 298 g/mol. The van der Waals surface area contributed by atoms with Crippen molar-refractivity contribution in [3.8, 4) is 0 Å². The Labute approximate surface area is 151 Å². The minimum absolute atomic E-state index is 0.0690. The first-order valence-electron chi connectivity index (χ1n) is 10.3. The largest absolute Gasteiger partial charge is 0.329 e. The summed E-state index contributed by atoms with van der Waals surface area (Å²) in [6.45, 7) is 4.98. The second-order valence-electron chi connectivity index (χ2n) is 7.46. The van der Waals surface area contributed by atoms with Crippen molar-refractivity contribution in [1.82, 2.24) is 0 Å². The van der Waals surface area contributed by atoms with E-state index in [4.69, 9.17) is 4.74 Å². The van der Waals surface area contributed by atoms with Crippen LogP contribution in [-0.2, 0) is 9.53 Å². The van der Waals surface area contributed by atoms with Crippen molar-refractivity contribution in [1.29, 1.82) is 0 Å². The molecule has 3 nitrogen and oxygen atoms in total. The molecule has 0 fully saturated rings. The van der Waals surface area contributed by atoms with E-state index in [1.54, 1.807) is 6.20 Å². The molecule has 0 radical (unpaired) electrons. The van der Waals surface area contributed by atoms with E-state index in [0.29, 0.717) is 11.1 Å². The van der Waals surface area contributed by atoms with Crippen molar-refractivity contribution >= 4 is 5.94 Å². The molecule has 142 valence electrons. The summed E-state index contributed by atoms with van der Waals surface area (Å²) in [4.78, 5) is 10.7. The summed E-state index contributed by atoms with van der Waals surface area (Å²) in [6.07, 6.45) is 19.0. The van der Waals surface area contributed by atoms with Crippen molar-refractivity contribution in [2.75, 3.05) is 20.7 Å². The SMILES string of the molecule is CCCCCCCCCCCCCCC(OCC)[N+](C)(C)C=C=O. The minimum Gasteiger partial charge on any atom is -0.329 e. The molecule has 3 heteroatoms. The fourth-order valence-corrected chi connectivity index (χ4v) is 3.18. The first kappa shape index (κ1) is 23.4. The van der Waals surface area contributed by atoms with Crippen LogP contribution >= 0.6 is 0 Å². The van der Waals surface area contributed by atoms with E-state index in [9.17, 15) is 4.79 Å². The van der Waals surface area contributed by atoms with Crippen LogP contribution in [0, 0.1) is 0 Å². The first-order chi connectivity index (χ1) is 11.6. The smallest absolute Gasteiger partial charge is 0.197 e. The highest BCUT2D eigenvalue weighted by Gasteiger charge is 2.26. The third-order valence-corrected chi connectivity index (χ3v) is 4.79. The van der Waals surface area contributed by atoms with Gasteiger partial charge >= 0.3 is 0 Å². The predicted octanol–water partition coefficient (Wildman–Crippen LogP) is 5.86. The Balaban J connectivity index is 3.61. The zero-order valence-electron chi connectivity index (χ0n) is 16.8. The Morgan fingerprint density at radius 3 is 1.71 bits per heavy atom. The minimum atomic E-state index is 0.0690. The quantitative estimate of drug-likeness (QED) is 0.143. The second-order valence-corrected chi connectivity index (χ2v) is 7.46. The van der Waals surface area contributed by atoms with E-state index >= 15 is 0 Å². The van der Waals surface area contributed by atoms with Crippen molar-refractivity contribution in [2.45, 2.75) is 104 Å². The normalized spacial score (nSPS) is 12.8. The molecule has 0 aromatic carbocycles. The highest BCUT2D eigenvalue weighted by molar-refractivity contribution is 5.42. The monoisotopic (exact) mass is 340 g/mol. The van der Waals surface area contributed by atoms with E-state index in [2.05, 4.69) is 6.92 Å². The molecule has 1 unspecified atom stereocenters. The summed E-state index contributed by atoms with van der Waals surface area (Å²) in [6, 6.07) is 0. The molecule has 0 aliphatic carbocycles. The molecule has 24 heavy (non-hydrogen) atoms. The average Bonchev–Trinajstić information content (AvgIpc) is 2.54. The highest BCUT2D eigenvalue weighted by Crippen LogP contribution is 2.18. The van der Waals surface area contributed by atoms with Crippen LogP contribution < -0.4 is 0 Å². The Morgan fingerprint density at radius 2 is 1.29 bits per heavy atom. The summed E-state index contributed by atoms with van der Waals surface area (Å²) in [5.74, 6) is 1.91. The van der Waals surface area contributed by atoms with Crippen LogP contribution in [0.5, 0.6) is 0 Å². The molecule has 0 aromatic heterocycles. The summed E-state index contributed by atoms with van der Waals surface area (Å²) >= 11 is 0. The molecule has 0 saturated carbocycles. The van der Waals surface area contributed by atoms with Crippen molar-refractivity contribution in [2.24, 2.45) is 0 Å². The topological polar surface area (TPSA) is 26.3 Å². The van der Waals surface area contributed by atoms with Gasteiger partial charge in [-0.2, -0.15) is 0 Å². The molecule has 0 spiro atoms. The highest BCUT2D eigenvalue weighted by atomic mass is 16.5. The van der Waals surface area contributed by atoms with Crippen molar-refractivity contribution in [3.63, 3.8) is 0 Å². The molecule has 0 aliphatic rings. The van der Waals surface area contributed by atoms with Gasteiger partial charge in [0, 0.05) is 6.42 Å². The van der Waals surface area contributed by atoms with Crippen LogP contribution in [0.25, 0.3) is 0 Å². The van der Waals surface area contributed by atoms with E-state index < -0.39 is 0 Å². The molecule has 1 atom stereocenters. The van der Waals surface area contributed by atoms with Gasteiger partial charge in [-0.25, -0.2) is 4.79 Å². The van der Waals surface area contributed by atoms with E-state index in [1.807, 2.05) is 27.0 Å². The number of rotatable bonds is 17. The number of hydrogen-bond acceptors (Lipinski definition) is 2. The van der Waals surface area contributed by atoms with Gasteiger partial charge in [0.15, 0.2) is 18.4 Å². The van der Waals surface area contributed by atoms with Crippen LogP contribution in [0.4, 0.5) is 0 Å². The second kappa shape index (κ2) is 15.9. The lowest BCUT2D eigenvalue weighted by Crippen LogP contribution is -2.46. The average molecular weight is 341 g/mol. The van der Waals surface area contributed by atoms with E-state index in [1.165, 1.54) is 77.0 Å². The van der Waals surface area contributed by atoms with Crippen molar-refractivity contribution in [3.05, 3.63) is 6.20 Å². The molecular formula is C21H42NO2+. The Kier molecular flexibility index (Phi) is 15.5. The number of carbonyl (C=O) groups excluding carboxylic acids is 1. The molecule has 0 saturated heterocycles. The number of nitrogens with zero attached hydrogens (tertiary/aromatic N) is 1. The Hall–Kier alpha value is -0.630. The lowest BCUT2D eigenvalue weighted by Gasteiger charge is -2.32. The molecule has 0 rings (SSSR count). The fourth-order valence-electron chi connectivity index (χ4n) is 3.18. The Morgan fingerprint density at radius 1 is 0.833 bits per heavy atom.